The number of carboxylic acid groups (broad SMARTS) is 1. The van der Waals surface area contributed by atoms with Crippen LogP contribution >= 0.6 is 11.8 Å². The third-order valence-corrected chi connectivity index (χ3v) is 4.21. The molecule has 104 valence electrons. The molecule has 0 unspecified atom stereocenters. The fraction of sp³-hybridized carbons (Fsp3) is 0.0588. The van der Waals surface area contributed by atoms with Gasteiger partial charge >= 0.3 is 5.97 Å². The van der Waals surface area contributed by atoms with Gasteiger partial charge in [-0.05, 0) is 35.0 Å². The van der Waals surface area contributed by atoms with Gasteiger partial charge < -0.3 is 5.11 Å². The third kappa shape index (κ3) is 3.23. The van der Waals surface area contributed by atoms with Crippen LogP contribution in [0.5, 0.6) is 0 Å². The van der Waals surface area contributed by atoms with Gasteiger partial charge in [0.15, 0.2) is 0 Å². The van der Waals surface area contributed by atoms with Gasteiger partial charge in [-0.2, -0.15) is 0 Å². The van der Waals surface area contributed by atoms with Crippen molar-refractivity contribution in [1.82, 2.24) is 4.98 Å². The molecular formula is C17H13NO2S. The Balaban J connectivity index is 1.72. The van der Waals surface area contributed by atoms with Crippen LogP contribution in [0.2, 0.25) is 0 Å². The number of carboxylic acids is 1. The Hall–Kier alpha value is -2.33. The number of benzene rings is 2. The van der Waals surface area contributed by atoms with Gasteiger partial charge in [0.1, 0.15) is 0 Å². The molecule has 1 N–H and O–H groups in total. The second kappa shape index (κ2) is 5.97. The van der Waals surface area contributed by atoms with E-state index in [4.69, 9.17) is 5.11 Å². The Morgan fingerprint density at radius 2 is 1.86 bits per heavy atom. The van der Waals surface area contributed by atoms with Crippen LogP contribution in [0, 0.1) is 0 Å². The number of pyridine rings is 1. The molecule has 0 aliphatic rings. The molecule has 3 aromatic rings. The normalized spacial score (nSPS) is 10.7. The second-order valence-corrected chi connectivity index (χ2v) is 5.69. The van der Waals surface area contributed by atoms with E-state index in [1.165, 1.54) is 21.9 Å². The zero-order valence-electron chi connectivity index (χ0n) is 11.2. The quantitative estimate of drug-likeness (QED) is 0.732. The number of thioether (sulfide) groups is 1. The second-order valence-electron chi connectivity index (χ2n) is 4.64. The van der Waals surface area contributed by atoms with E-state index in [2.05, 4.69) is 35.3 Å². The summed E-state index contributed by atoms with van der Waals surface area (Å²) in [5.74, 6) is -0.227. The van der Waals surface area contributed by atoms with Crippen LogP contribution in [0.4, 0.5) is 0 Å². The summed E-state index contributed by atoms with van der Waals surface area (Å²) in [6, 6.07) is 18.0. The van der Waals surface area contributed by atoms with Crippen molar-refractivity contribution in [3.05, 3.63) is 72.1 Å². The summed E-state index contributed by atoms with van der Waals surface area (Å²) in [7, 11) is 0. The summed E-state index contributed by atoms with van der Waals surface area (Å²) in [6.07, 6.45) is 1.40. The maximum absolute atomic E-state index is 10.8. The SMILES string of the molecule is O=C(O)c1ccc(CSc2ccc3ccccc3c2)nc1. The molecule has 2 aromatic carbocycles. The fourth-order valence-corrected chi connectivity index (χ4v) is 2.91. The lowest BCUT2D eigenvalue weighted by Crippen LogP contribution is -1.97. The number of hydrogen-bond donors (Lipinski definition) is 1. The maximum atomic E-state index is 10.8. The van der Waals surface area contributed by atoms with Crippen LogP contribution in [-0.4, -0.2) is 16.1 Å². The molecule has 3 rings (SSSR count). The molecule has 0 bridgehead atoms. The Labute approximate surface area is 126 Å². The lowest BCUT2D eigenvalue weighted by Gasteiger charge is -2.04. The van der Waals surface area contributed by atoms with Crippen LogP contribution in [0.15, 0.2) is 65.7 Å². The smallest absolute Gasteiger partial charge is 0.337 e. The number of rotatable bonds is 4. The van der Waals surface area contributed by atoms with Crippen molar-refractivity contribution in [2.24, 2.45) is 0 Å². The van der Waals surface area contributed by atoms with Gasteiger partial charge in [0.05, 0.1) is 11.3 Å². The van der Waals surface area contributed by atoms with Crippen molar-refractivity contribution >= 4 is 28.5 Å². The molecule has 0 atom stereocenters. The highest BCUT2D eigenvalue weighted by Crippen LogP contribution is 2.26. The number of nitrogens with zero attached hydrogens (tertiary/aromatic N) is 1. The molecule has 0 fully saturated rings. The van der Waals surface area contributed by atoms with Crippen molar-refractivity contribution < 1.29 is 9.90 Å². The van der Waals surface area contributed by atoms with Gasteiger partial charge in [0, 0.05) is 16.8 Å². The molecule has 0 saturated carbocycles. The van der Waals surface area contributed by atoms with Crippen molar-refractivity contribution in [3.63, 3.8) is 0 Å². The lowest BCUT2D eigenvalue weighted by molar-refractivity contribution is 0.0696. The molecule has 0 aliphatic carbocycles. The third-order valence-electron chi connectivity index (χ3n) is 3.18. The van der Waals surface area contributed by atoms with Gasteiger partial charge in [-0.25, -0.2) is 4.79 Å². The minimum Gasteiger partial charge on any atom is -0.478 e. The van der Waals surface area contributed by atoms with Gasteiger partial charge in [0.25, 0.3) is 0 Å². The van der Waals surface area contributed by atoms with Crippen molar-refractivity contribution in [1.29, 1.82) is 0 Å². The standard InChI is InChI=1S/C17H13NO2S/c19-17(20)14-5-7-15(18-10-14)11-21-16-8-6-12-3-1-2-4-13(12)9-16/h1-10H,11H2,(H,19,20). The topological polar surface area (TPSA) is 50.2 Å². The number of carbonyl (C=O) groups is 1. The lowest BCUT2D eigenvalue weighted by atomic mass is 10.1. The van der Waals surface area contributed by atoms with E-state index in [9.17, 15) is 4.79 Å². The number of aromatic nitrogens is 1. The highest BCUT2D eigenvalue weighted by atomic mass is 32.2. The summed E-state index contributed by atoms with van der Waals surface area (Å²) in [4.78, 5) is 16.1. The number of hydrogen-bond acceptors (Lipinski definition) is 3. The molecule has 0 aliphatic heterocycles. The van der Waals surface area contributed by atoms with E-state index < -0.39 is 5.97 Å². The number of aromatic carboxylic acids is 1. The minimum absolute atomic E-state index is 0.217. The maximum Gasteiger partial charge on any atom is 0.337 e. The summed E-state index contributed by atoms with van der Waals surface area (Å²) < 4.78 is 0. The Morgan fingerprint density at radius 1 is 1.05 bits per heavy atom. The fourth-order valence-electron chi connectivity index (χ4n) is 2.05. The van der Waals surface area contributed by atoms with Crippen molar-refractivity contribution in [2.75, 3.05) is 0 Å². The van der Waals surface area contributed by atoms with Gasteiger partial charge in [-0.1, -0.05) is 30.3 Å². The van der Waals surface area contributed by atoms with E-state index in [1.807, 2.05) is 12.1 Å². The summed E-state index contributed by atoms with van der Waals surface area (Å²) >= 11 is 1.69. The van der Waals surface area contributed by atoms with E-state index in [0.29, 0.717) is 0 Å². The van der Waals surface area contributed by atoms with E-state index >= 15 is 0 Å². The first-order valence-electron chi connectivity index (χ1n) is 6.52. The summed E-state index contributed by atoms with van der Waals surface area (Å²) in [5, 5.41) is 11.3. The average Bonchev–Trinajstić information content (AvgIpc) is 2.53. The van der Waals surface area contributed by atoms with Crippen LogP contribution in [0.1, 0.15) is 16.1 Å². The molecule has 0 spiro atoms. The van der Waals surface area contributed by atoms with Crippen LogP contribution in [0.25, 0.3) is 10.8 Å². The Kier molecular flexibility index (Phi) is 3.88. The van der Waals surface area contributed by atoms with Gasteiger partial charge in [-0.3, -0.25) is 4.98 Å². The van der Waals surface area contributed by atoms with Gasteiger partial charge in [0.2, 0.25) is 0 Å². The molecule has 1 heterocycles. The van der Waals surface area contributed by atoms with E-state index in [-0.39, 0.29) is 5.56 Å². The molecule has 3 nitrogen and oxygen atoms in total. The van der Waals surface area contributed by atoms with Crippen molar-refractivity contribution in [2.45, 2.75) is 10.6 Å². The van der Waals surface area contributed by atoms with Crippen LogP contribution in [-0.2, 0) is 5.75 Å². The summed E-state index contributed by atoms with van der Waals surface area (Å²) in [6.45, 7) is 0. The van der Waals surface area contributed by atoms with Crippen LogP contribution in [0.3, 0.4) is 0 Å². The monoisotopic (exact) mass is 295 g/mol. The molecule has 0 amide bonds. The zero-order valence-corrected chi connectivity index (χ0v) is 12.0. The average molecular weight is 295 g/mol. The largest absolute Gasteiger partial charge is 0.478 e. The summed E-state index contributed by atoms with van der Waals surface area (Å²) in [5.41, 5.74) is 1.09. The minimum atomic E-state index is -0.948. The molecule has 1 aromatic heterocycles. The molecule has 0 radical (unpaired) electrons. The highest BCUT2D eigenvalue weighted by molar-refractivity contribution is 7.98. The number of fused-ring (bicyclic) bond motifs is 1. The zero-order chi connectivity index (χ0) is 14.7. The first-order valence-corrected chi connectivity index (χ1v) is 7.51. The van der Waals surface area contributed by atoms with Crippen LogP contribution < -0.4 is 0 Å². The van der Waals surface area contributed by atoms with E-state index in [0.717, 1.165) is 11.4 Å². The predicted octanol–water partition coefficient (Wildman–Crippen LogP) is 4.23. The Morgan fingerprint density at radius 3 is 2.57 bits per heavy atom. The molecule has 21 heavy (non-hydrogen) atoms. The first-order chi connectivity index (χ1) is 10.2. The predicted molar refractivity (Wildman–Crippen MR) is 84.7 cm³/mol. The van der Waals surface area contributed by atoms with Crippen molar-refractivity contribution in [3.8, 4) is 0 Å². The Bertz CT molecular complexity index is 784. The first kappa shape index (κ1) is 13.6. The molecule has 4 heteroatoms. The molecular weight excluding hydrogens is 282 g/mol. The van der Waals surface area contributed by atoms with Gasteiger partial charge in [-0.15, -0.1) is 11.8 Å². The highest BCUT2D eigenvalue weighted by Gasteiger charge is 2.04. The molecule has 0 saturated heterocycles. The van der Waals surface area contributed by atoms with E-state index in [1.54, 1.807) is 23.9 Å².